The van der Waals surface area contributed by atoms with Crippen LogP contribution in [0.1, 0.15) is 42.8 Å². The minimum absolute atomic E-state index is 0.0955. The first-order valence-electron chi connectivity index (χ1n) is 8.35. The van der Waals surface area contributed by atoms with Crippen LogP contribution >= 0.6 is 11.3 Å². The molecular weight excluding hydrogens is 353 g/mol. The molecule has 1 fully saturated rings. The molecule has 0 bridgehead atoms. The van der Waals surface area contributed by atoms with Crippen LogP contribution in [-0.4, -0.2) is 58.4 Å². The van der Waals surface area contributed by atoms with Crippen molar-refractivity contribution in [2.75, 3.05) is 19.6 Å². The fourth-order valence-electron chi connectivity index (χ4n) is 3.22. The number of halogens is 3. The van der Waals surface area contributed by atoms with E-state index in [2.05, 4.69) is 10.1 Å². The third kappa shape index (κ3) is 4.13. The maximum Gasteiger partial charge on any atom is 0.431 e. The number of rotatable bonds is 3. The minimum atomic E-state index is -4.42. The van der Waals surface area contributed by atoms with Gasteiger partial charge >= 0.3 is 6.18 Å². The summed E-state index contributed by atoms with van der Waals surface area (Å²) in [6, 6.07) is -0.406. The topological polar surface area (TPSA) is 48.8 Å². The second-order valence-corrected chi connectivity index (χ2v) is 7.57. The van der Waals surface area contributed by atoms with Crippen LogP contribution < -0.4 is 0 Å². The summed E-state index contributed by atoms with van der Waals surface area (Å²) >= 11 is 1.65. The van der Waals surface area contributed by atoms with Crippen LogP contribution in [0, 0.1) is 6.92 Å². The van der Waals surface area contributed by atoms with Gasteiger partial charge in [-0.2, -0.15) is 18.3 Å². The lowest BCUT2D eigenvalue weighted by Crippen LogP contribution is -2.43. The van der Waals surface area contributed by atoms with E-state index in [1.54, 1.807) is 23.2 Å². The Bertz CT molecular complexity index is 665. The first-order valence-corrected chi connectivity index (χ1v) is 9.23. The monoisotopic (exact) mass is 374 g/mol. The Labute approximate surface area is 148 Å². The number of carbonyl (C=O) groups is 1. The number of nitrogens with zero attached hydrogens (tertiary/aromatic N) is 4. The van der Waals surface area contributed by atoms with Crippen molar-refractivity contribution in [3.63, 3.8) is 0 Å². The number of thiazole rings is 1. The summed E-state index contributed by atoms with van der Waals surface area (Å²) < 4.78 is 38.2. The Balaban J connectivity index is 1.54. The Hall–Kier alpha value is -1.64. The molecule has 9 heteroatoms. The van der Waals surface area contributed by atoms with Gasteiger partial charge in [0.2, 0.25) is 5.91 Å². The van der Waals surface area contributed by atoms with Crippen molar-refractivity contribution in [2.45, 2.75) is 51.2 Å². The van der Waals surface area contributed by atoms with Gasteiger partial charge in [-0.05, 0) is 26.7 Å². The number of hydrogen-bond acceptors (Lipinski definition) is 5. The second kappa shape index (κ2) is 6.93. The largest absolute Gasteiger partial charge is 0.431 e. The Kier molecular flexibility index (Phi) is 5.04. The van der Waals surface area contributed by atoms with Crippen molar-refractivity contribution in [1.29, 1.82) is 0 Å². The number of hydrogen-bond donors (Lipinski definition) is 0. The predicted octanol–water partition coefficient (Wildman–Crippen LogP) is 3.17. The highest BCUT2D eigenvalue weighted by molar-refractivity contribution is 7.09. The van der Waals surface area contributed by atoms with Gasteiger partial charge in [0.05, 0.1) is 11.0 Å². The van der Waals surface area contributed by atoms with Crippen molar-refractivity contribution in [2.24, 2.45) is 5.10 Å². The van der Waals surface area contributed by atoms with E-state index in [0.717, 1.165) is 23.5 Å². The van der Waals surface area contributed by atoms with Gasteiger partial charge in [-0.1, -0.05) is 0 Å². The smallest absolute Gasteiger partial charge is 0.341 e. The summed E-state index contributed by atoms with van der Waals surface area (Å²) in [6.07, 6.45) is -2.91. The summed E-state index contributed by atoms with van der Waals surface area (Å²) in [6.45, 7) is 4.75. The van der Waals surface area contributed by atoms with E-state index in [4.69, 9.17) is 0 Å². The fraction of sp³-hybridized carbons (Fsp3) is 0.688. The molecule has 0 saturated carbocycles. The lowest BCUT2D eigenvalue weighted by molar-refractivity contribution is -0.133. The standard InChI is InChI=1S/C16H21F3N4OS/c1-10-9-25-15(20-10)12-3-5-22(6-4-12)14(24)8-23-11(2)7-13(21-23)16(17,18)19/h9,11-12H,3-8H2,1-2H3. The molecule has 2 aliphatic heterocycles. The van der Waals surface area contributed by atoms with Crippen LogP contribution in [0.25, 0.3) is 0 Å². The zero-order valence-electron chi connectivity index (χ0n) is 14.2. The van der Waals surface area contributed by atoms with Gasteiger partial charge in [-0.15, -0.1) is 11.3 Å². The molecule has 2 aliphatic rings. The zero-order chi connectivity index (χ0) is 18.2. The van der Waals surface area contributed by atoms with Crippen LogP contribution in [0.3, 0.4) is 0 Å². The molecule has 138 valence electrons. The first-order chi connectivity index (χ1) is 11.7. The summed E-state index contributed by atoms with van der Waals surface area (Å²) in [7, 11) is 0. The third-order valence-corrected chi connectivity index (χ3v) is 5.83. The predicted molar refractivity (Wildman–Crippen MR) is 89.7 cm³/mol. The van der Waals surface area contributed by atoms with E-state index < -0.39 is 17.9 Å². The highest BCUT2D eigenvalue weighted by Gasteiger charge is 2.42. The maximum absolute atomic E-state index is 12.7. The highest BCUT2D eigenvalue weighted by Crippen LogP contribution is 2.31. The lowest BCUT2D eigenvalue weighted by atomic mass is 9.97. The molecule has 1 aromatic heterocycles. The Morgan fingerprint density at radius 1 is 1.36 bits per heavy atom. The Morgan fingerprint density at radius 3 is 2.56 bits per heavy atom. The number of aromatic nitrogens is 1. The van der Waals surface area contributed by atoms with Crippen molar-refractivity contribution >= 4 is 23.0 Å². The average molecular weight is 374 g/mol. The molecule has 1 saturated heterocycles. The molecule has 1 aromatic rings. The molecule has 25 heavy (non-hydrogen) atoms. The molecular formula is C16H21F3N4OS. The zero-order valence-corrected chi connectivity index (χ0v) is 15.0. The van der Waals surface area contributed by atoms with E-state index in [1.165, 1.54) is 5.01 Å². The van der Waals surface area contributed by atoms with E-state index in [0.29, 0.717) is 19.0 Å². The molecule has 0 aromatic carbocycles. The summed E-state index contributed by atoms with van der Waals surface area (Å²) in [5.74, 6) is 0.205. The van der Waals surface area contributed by atoms with Gasteiger partial charge in [0.1, 0.15) is 12.3 Å². The Morgan fingerprint density at radius 2 is 2.04 bits per heavy atom. The summed E-state index contributed by atoms with van der Waals surface area (Å²) in [4.78, 5) is 18.7. The van der Waals surface area contributed by atoms with Crippen molar-refractivity contribution in [3.05, 3.63) is 16.1 Å². The van der Waals surface area contributed by atoms with Crippen LogP contribution in [0.2, 0.25) is 0 Å². The quantitative estimate of drug-likeness (QED) is 0.817. The van der Waals surface area contributed by atoms with Gasteiger partial charge in [0.25, 0.3) is 0 Å². The van der Waals surface area contributed by atoms with Crippen molar-refractivity contribution in [3.8, 4) is 0 Å². The number of hydrazone groups is 1. The molecule has 3 heterocycles. The van der Waals surface area contributed by atoms with Crippen molar-refractivity contribution < 1.29 is 18.0 Å². The first kappa shape index (κ1) is 18.2. The molecule has 1 unspecified atom stereocenters. The molecule has 1 amide bonds. The molecule has 3 rings (SSSR count). The molecule has 0 radical (unpaired) electrons. The normalized spacial score (nSPS) is 22.4. The van der Waals surface area contributed by atoms with Gasteiger partial charge in [-0.25, -0.2) is 4.98 Å². The van der Waals surface area contributed by atoms with Crippen LogP contribution in [0.4, 0.5) is 13.2 Å². The average Bonchev–Trinajstić information content (AvgIpc) is 3.14. The third-order valence-electron chi connectivity index (χ3n) is 4.70. The van der Waals surface area contributed by atoms with Gasteiger partial charge in [0, 0.05) is 36.5 Å². The van der Waals surface area contributed by atoms with E-state index in [1.807, 2.05) is 12.3 Å². The molecule has 5 nitrogen and oxygen atoms in total. The molecule has 0 spiro atoms. The number of aryl methyl sites for hydroxylation is 1. The van der Waals surface area contributed by atoms with Gasteiger partial charge in [-0.3, -0.25) is 9.80 Å². The van der Waals surface area contributed by atoms with Crippen LogP contribution in [0.5, 0.6) is 0 Å². The lowest BCUT2D eigenvalue weighted by Gasteiger charge is -2.32. The molecule has 0 aliphatic carbocycles. The fourth-order valence-corrected chi connectivity index (χ4v) is 4.19. The van der Waals surface area contributed by atoms with Crippen LogP contribution in [-0.2, 0) is 4.79 Å². The van der Waals surface area contributed by atoms with E-state index >= 15 is 0 Å². The van der Waals surface area contributed by atoms with Gasteiger partial charge in [0.15, 0.2) is 0 Å². The maximum atomic E-state index is 12.7. The molecule has 1 atom stereocenters. The minimum Gasteiger partial charge on any atom is -0.341 e. The summed E-state index contributed by atoms with van der Waals surface area (Å²) in [5, 5.41) is 8.01. The number of amides is 1. The number of likely N-dealkylation sites (tertiary alicyclic amines) is 1. The van der Waals surface area contributed by atoms with Gasteiger partial charge < -0.3 is 4.90 Å². The SMILES string of the molecule is Cc1csc(C2CCN(C(=O)CN3N=C(C(F)(F)F)CC3C)CC2)n1. The molecule has 0 N–H and O–H groups in total. The number of piperidine rings is 1. The second-order valence-electron chi connectivity index (χ2n) is 6.68. The number of carbonyl (C=O) groups excluding carboxylic acids is 1. The van der Waals surface area contributed by atoms with E-state index in [9.17, 15) is 18.0 Å². The van der Waals surface area contributed by atoms with E-state index in [-0.39, 0.29) is 18.9 Å². The van der Waals surface area contributed by atoms with Crippen molar-refractivity contribution in [1.82, 2.24) is 14.9 Å². The number of alkyl halides is 3. The summed E-state index contributed by atoms with van der Waals surface area (Å²) in [5.41, 5.74) is 0.213. The van der Waals surface area contributed by atoms with Crippen LogP contribution in [0.15, 0.2) is 10.5 Å². The highest BCUT2D eigenvalue weighted by atomic mass is 32.1.